The minimum Gasteiger partial charge on any atom is -0.308 e. The second-order valence-corrected chi connectivity index (χ2v) is 6.99. The van der Waals surface area contributed by atoms with Crippen LogP contribution in [-0.2, 0) is 26.6 Å². The molecule has 0 amide bonds. The van der Waals surface area contributed by atoms with Gasteiger partial charge in [0.15, 0.2) is 0 Å². The zero-order valence-corrected chi connectivity index (χ0v) is 16.3. The fraction of sp³-hybridized carbons (Fsp3) is 0.526. The fourth-order valence-corrected chi connectivity index (χ4v) is 3.05. The van der Waals surface area contributed by atoms with Gasteiger partial charge >= 0.3 is 0 Å². The summed E-state index contributed by atoms with van der Waals surface area (Å²) in [6, 6.07) is 8.59. The van der Waals surface area contributed by atoms with Gasteiger partial charge in [0.25, 0.3) is 0 Å². The summed E-state index contributed by atoms with van der Waals surface area (Å²) in [6.07, 6.45) is 0.905. The third kappa shape index (κ3) is 4.82. The molecular formula is C19H29ClN4. The minimum absolute atomic E-state index is 0.756. The van der Waals surface area contributed by atoms with E-state index in [0.29, 0.717) is 0 Å². The molecule has 0 aliphatic heterocycles. The van der Waals surface area contributed by atoms with Crippen LogP contribution in [-0.4, -0.2) is 46.8 Å². The van der Waals surface area contributed by atoms with E-state index in [2.05, 4.69) is 67.1 Å². The molecule has 2 rings (SSSR count). The Morgan fingerprint density at radius 2 is 1.83 bits per heavy atom. The molecule has 0 spiro atoms. The van der Waals surface area contributed by atoms with E-state index in [9.17, 15) is 0 Å². The summed E-state index contributed by atoms with van der Waals surface area (Å²) in [5, 5.41) is 5.31. The van der Waals surface area contributed by atoms with E-state index in [1.807, 2.05) is 7.05 Å². The summed E-state index contributed by atoms with van der Waals surface area (Å²) in [5.74, 6) is 0. The third-order valence-corrected chi connectivity index (χ3v) is 4.86. The Labute approximate surface area is 151 Å². The molecule has 5 heteroatoms. The maximum absolute atomic E-state index is 6.50. The molecule has 0 N–H and O–H groups in total. The van der Waals surface area contributed by atoms with Gasteiger partial charge in [0.1, 0.15) is 5.15 Å². The van der Waals surface area contributed by atoms with E-state index in [1.165, 1.54) is 11.1 Å². The van der Waals surface area contributed by atoms with Crippen LogP contribution in [0.15, 0.2) is 24.3 Å². The highest BCUT2D eigenvalue weighted by Gasteiger charge is 2.17. The minimum atomic E-state index is 0.756. The molecule has 24 heavy (non-hydrogen) atoms. The van der Waals surface area contributed by atoms with Crippen molar-refractivity contribution in [3.8, 4) is 0 Å². The van der Waals surface area contributed by atoms with Gasteiger partial charge in [-0.2, -0.15) is 5.10 Å². The zero-order valence-electron chi connectivity index (χ0n) is 15.5. The molecule has 4 nitrogen and oxygen atoms in total. The van der Waals surface area contributed by atoms with Gasteiger partial charge in [-0.15, -0.1) is 0 Å². The van der Waals surface area contributed by atoms with Crippen LogP contribution >= 0.6 is 11.6 Å². The van der Waals surface area contributed by atoms with Crippen molar-refractivity contribution in [2.24, 2.45) is 7.05 Å². The molecule has 0 saturated carbocycles. The number of benzene rings is 1. The Hall–Kier alpha value is -1.36. The second-order valence-electron chi connectivity index (χ2n) is 6.63. The lowest BCUT2D eigenvalue weighted by molar-refractivity contribution is 0.225. The molecule has 0 unspecified atom stereocenters. The number of likely N-dealkylation sites (N-methyl/N-ethyl adjacent to an activating group) is 1. The first-order chi connectivity index (χ1) is 11.4. The zero-order chi connectivity index (χ0) is 17.7. The predicted octanol–water partition coefficient (Wildman–Crippen LogP) is 3.51. The molecule has 0 radical (unpaired) electrons. The predicted molar refractivity (Wildman–Crippen MR) is 101 cm³/mol. The second kappa shape index (κ2) is 8.65. The average molecular weight is 349 g/mol. The summed E-state index contributed by atoms with van der Waals surface area (Å²) in [7, 11) is 6.14. The number of aryl methyl sites for hydroxylation is 3. The van der Waals surface area contributed by atoms with Crippen LogP contribution in [0.2, 0.25) is 5.15 Å². The first-order valence-corrected chi connectivity index (χ1v) is 8.92. The number of hydrogen-bond donors (Lipinski definition) is 0. The molecule has 1 aromatic heterocycles. The van der Waals surface area contributed by atoms with Gasteiger partial charge in [-0.1, -0.05) is 42.8 Å². The number of halogens is 1. The summed E-state index contributed by atoms with van der Waals surface area (Å²) in [5.41, 5.74) is 4.96. The average Bonchev–Trinajstić information content (AvgIpc) is 2.82. The Morgan fingerprint density at radius 3 is 2.46 bits per heavy atom. The monoisotopic (exact) mass is 348 g/mol. The molecule has 2 aromatic rings. The quantitative estimate of drug-likeness (QED) is 0.729. The summed E-state index contributed by atoms with van der Waals surface area (Å²) in [6.45, 7) is 8.08. The van der Waals surface area contributed by atoms with Crippen LogP contribution < -0.4 is 0 Å². The standard InChI is InChI=1S/C19H29ClN4/c1-6-18-17(19(20)23(5)21-18)14-24(12-11-22(3)4)13-16-10-8-7-9-15(16)2/h7-10H,6,11-14H2,1-5H3. The number of aromatic nitrogens is 2. The van der Waals surface area contributed by atoms with Crippen LogP contribution in [0.1, 0.15) is 29.3 Å². The van der Waals surface area contributed by atoms with Crippen molar-refractivity contribution in [2.45, 2.75) is 33.4 Å². The molecule has 0 atom stereocenters. The first kappa shape index (κ1) is 19.0. The smallest absolute Gasteiger partial charge is 0.131 e. The lowest BCUT2D eigenvalue weighted by atomic mass is 10.1. The van der Waals surface area contributed by atoms with Crippen molar-refractivity contribution >= 4 is 11.6 Å². The van der Waals surface area contributed by atoms with Crippen LogP contribution in [0.5, 0.6) is 0 Å². The lowest BCUT2D eigenvalue weighted by Crippen LogP contribution is -2.31. The maximum Gasteiger partial charge on any atom is 0.131 e. The molecular weight excluding hydrogens is 320 g/mol. The van der Waals surface area contributed by atoms with Crippen LogP contribution in [0.25, 0.3) is 0 Å². The van der Waals surface area contributed by atoms with Gasteiger partial charge < -0.3 is 4.90 Å². The molecule has 0 saturated heterocycles. The number of nitrogens with zero attached hydrogens (tertiary/aromatic N) is 4. The van der Waals surface area contributed by atoms with Crippen molar-refractivity contribution in [3.63, 3.8) is 0 Å². The Balaban J connectivity index is 2.22. The van der Waals surface area contributed by atoms with E-state index in [0.717, 1.165) is 49.0 Å². The Morgan fingerprint density at radius 1 is 1.12 bits per heavy atom. The molecule has 0 fully saturated rings. The van der Waals surface area contributed by atoms with Crippen molar-refractivity contribution in [1.29, 1.82) is 0 Å². The summed E-state index contributed by atoms with van der Waals surface area (Å²) < 4.78 is 1.79. The maximum atomic E-state index is 6.50. The highest BCUT2D eigenvalue weighted by Crippen LogP contribution is 2.23. The topological polar surface area (TPSA) is 24.3 Å². The molecule has 0 aliphatic rings. The largest absolute Gasteiger partial charge is 0.308 e. The molecule has 0 aliphatic carbocycles. The first-order valence-electron chi connectivity index (χ1n) is 8.54. The van der Waals surface area contributed by atoms with Crippen LogP contribution in [0, 0.1) is 6.92 Å². The van der Waals surface area contributed by atoms with E-state index in [1.54, 1.807) is 4.68 Å². The van der Waals surface area contributed by atoms with E-state index < -0.39 is 0 Å². The van der Waals surface area contributed by atoms with Crippen molar-refractivity contribution in [1.82, 2.24) is 19.6 Å². The molecule has 132 valence electrons. The Bertz CT molecular complexity index is 663. The highest BCUT2D eigenvalue weighted by atomic mass is 35.5. The SMILES string of the molecule is CCc1nn(C)c(Cl)c1CN(CCN(C)C)Cc1ccccc1C. The summed E-state index contributed by atoms with van der Waals surface area (Å²) >= 11 is 6.50. The van der Waals surface area contributed by atoms with Gasteiger partial charge in [-0.05, 0) is 38.6 Å². The van der Waals surface area contributed by atoms with Gasteiger partial charge in [0.2, 0.25) is 0 Å². The van der Waals surface area contributed by atoms with Gasteiger partial charge in [-0.25, -0.2) is 0 Å². The molecule has 0 bridgehead atoms. The van der Waals surface area contributed by atoms with Crippen molar-refractivity contribution in [2.75, 3.05) is 27.2 Å². The summed E-state index contributed by atoms with van der Waals surface area (Å²) in [4.78, 5) is 4.68. The highest BCUT2D eigenvalue weighted by molar-refractivity contribution is 6.30. The fourth-order valence-electron chi connectivity index (χ4n) is 2.85. The third-order valence-electron chi connectivity index (χ3n) is 4.39. The number of hydrogen-bond acceptors (Lipinski definition) is 3. The van der Waals surface area contributed by atoms with Crippen LogP contribution in [0.4, 0.5) is 0 Å². The Kier molecular flexibility index (Phi) is 6.84. The van der Waals surface area contributed by atoms with Crippen LogP contribution in [0.3, 0.4) is 0 Å². The number of rotatable bonds is 8. The van der Waals surface area contributed by atoms with Crippen molar-refractivity contribution < 1.29 is 0 Å². The van der Waals surface area contributed by atoms with Gasteiger partial charge in [0.05, 0.1) is 5.69 Å². The lowest BCUT2D eigenvalue weighted by Gasteiger charge is -2.25. The van der Waals surface area contributed by atoms with E-state index >= 15 is 0 Å². The molecule has 1 heterocycles. The van der Waals surface area contributed by atoms with E-state index in [4.69, 9.17) is 11.6 Å². The van der Waals surface area contributed by atoms with Crippen molar-refractivity contribution in [3.05, 3.63) is 51.8 Å². The van der Waals surface area contributed by atoms with Gasteiger partial charge in [0, 0.05) is 38.8 Å². The normalized spacial score (nSPS) is 11.7. The van der Waals surface area contributed by atoms with Gasteiger partial charge in [-0.3, -0.25) is 9.58 Å². The molecule has 1 aromatic carbocycles. The van der Waals surface area contributed by atoms with E-state index in [-0.39, 0.29) is 0 Å².